The van der Waals surface area contributed by atoms with Gasteiger partial charge >= 0.3 is 0 Å². The highest BCUT2D eigenvalue weighted by molar-refractivity contribution is 6.34. The third-order valence-corrected chi connectivity index (χ3v) is 4.72. The molecule has 6 nitrogen and oxygen atoms in total. The molecule has 0 aliphatic carbocycles. The van der Waals surface area contributed by atoms with Crippen molar-refractivity contribution < 1.29 is 10.2 Å². The van der Waals surface area contributed by atoms with Crippen molar-refractivity contribution in [2.45, 2.75) is 25.0 Å². The number of rotatable bonds is 6. The van der Waals surface area contributed by atoms with Crippen molar-refractivity contribution in [2.24, 2.45) is 0 Å². The van der Waals surface area contributed by atoms with Crippen LogP contribution in [0.5, 0.6) is 0 Å². The van der Waals surface area contributed by atoms with Crippen molar-refractivity contribution in [1.29, 1.82) is 0 Å². The monoisotopic (exact) mass is 382 g/mol. The average molecular weight is 383 g/mol. The predicted molar refractivity (Wildman–Crippen MR) is 99.4 cm³/mol. The van der Waals surface area contributed by atoms with Crippen LogP contribution in [0, 0.1) is 0 Å². The second-order valence-electron chi connectivity index (χ2n) is 6.03. The number of aliphatic hydroxyl groups excluding tert-OH is 2. The first-order valence-electron chi connectivity index (χ1n) is 8.14. The van der Waals surface area contributed by atoms with Crippen LogP contribution in [0.25, 0.3) is 0 Å². The Kier molecular flexibility index (Phi) is 5.96. The molecule has 1 fully saturated rings. The third kappa shape index (κ3) is 4.52. The molecule has 0 bridgehead atoms. The van der Waals surface area contributed by atoms with Gasteiger partial charge in [0.2, 0.25) is 0 Å². The fraction of sp³-hybridized carbons (Fsp3) is 0.412. The summed E-state index contributed by atoms with van der Waals surface area (Å²) in [6, 6.07) is 6.91. The van der Waals surface area contributed by atoms with Gasteiger partial charge in [0.05, 0.1) is 18.8 Å². The maximum atomic E-state index is 10.3. The summed E-state index contributed by atoms with van der Waals surface area (Å²) >= 11 is 11.9. The van der Waals surface area contributed by atoms with Crippen molar-refractivity contribution >= 4 is 34.8 Å². The summed E-state index contributed by atoms with van der Waals surface area (Å²) in [5, 5.41) is 23.8. The number of aromatic nitrogens is 2. The number of aliphatic hydroxyl groups is 2. The summed E-state index contributed by atoms with van der Waals surface area (Å²) in [5.41, 5.74) is 0.638. The van der Waals surface area contributed by atoms with Gasteiger partial charge in [-0.05, 0) is 36.6 Å². The summed E-state index contributed by atoms with van der Waals surface area (Å²) in [6.45, 7) is 1.24. The lowest BCUT2D eigenvalue weighted by molar-refractivity contribution is 0.191. The number of hydrogen-bond acceptors (Lipinski definition) is 6. The van der Waals surface area contributed by atoms with Crippen molar-refractivity contribution in [3.63, 3.8) is 0 Å². The quantitative estimate of drug-likeness (QED) is 0.712. The fourth-order valence-electron chi connectivity index (χ4n) is 3.01. The number of halogens is 2. The van der Waals surface area contributed by atoms with Gasteiger partial charge in [0, 0.05) is 29.2 Å². The van der Waals surface area contributed by atoms with Crippen molar-refractivity contribution in [2.75, 3.05) is 29.9 Å². The Balaban J connectivity index is 1.66. The highest BCUT2D eigenvalue weighted by Crippen LogP contribution is 2.26. The smallest absolute Gasteiger partial charge is 0.134 e. The molecule has 1 aromatic carbocycles. The largest absolute Gasteiger partial charge is 0.394 e. The predicted octanol–water partition coefficient (Wildman–Crippen LogP) is 2.89. The minimum Gasteiger partial charge on any atom is -0.394 e. The number of nitrogens with one attached hydrogen (secondary N) is 1. The third-order valence-electron chi connectivity index (χ3n) is 4.28. The van der Waals surface area contributed by atoms with Gasteiger partial charge in [0.1, 0.15) is 18.0 Å². The molecule has 2 heterocycles. The molecule has 1 aliphatic heterocycles. The zero-order valence-corrected chi connectivity index (χ0v) is 15.1. The molecule has 3 rings (SSSR count). The summed E-state index contributed by atoms with van der Waals surface area (Å²) in [6.07, 6.45) is 2.70. The molecule has 134 valence electrons. The van der Waals surface area contributed by atoms with E-state index in [4.69, 9.17) is 23.2 Å². The lowest BCUT2D eigenvalue weighted by atomic mass is 10.1. The molecule has 1 aromatic heterocycles. The van der Waals surface area contributed by atoms with Gasteiger partial charge in [-0.3, -0.25) is 0 Å². The molecule has 0 radical (unpaired) electrons. The molecule has 0 saturated carbocycles. The molecule has 2 unspecified atom stereocenters. The van der Waals surface area contributed by atoms with Crippen LogP contribution in [0.15, 0.2) is 30.6 Å². The molecule has 2 atom stereocenters. The van der Waals surface area contributed by atoms with E-state index in [1.807, 2.05) is 6.07 Å². The van der Waals surface area contributed by atoms with Gasteiger partial charge in [0.15, 0.2) is 0 Å². The molecule has 0 spiro atoms. The van der Waals surface area contributed by atoms with Crippen molar-refractivity contribution in [3.8, 4) is 0 Å². The maximum Gasteiger partial charge on any atom is 0.134 e. The Morgan fingerprint density at radius 2 is 1.96 bits per heavy atom. The molecule has 8 heteroatoms. The van der Waals surface area contributed by atoms with E-state index in [0.29, 0.717) is 21.4 Å². The van der Waals surface area contributed by atoms with E-state index in [-0.39, 0.29) is 19.2 Å². The summed E-state index contributed by atoms with van der Waals surface area (Å²) in [7, 11) is 0. The maximum absolute atomic E-state index is 10.3. The van der Waals surface area contributed by atoms with Crippen LogP contribution >= 0.6 is 23.2 Å². The fourth-order valence-corrected chi connectivity index (χ4v) is 3.56. The normalized spacial score (nSPS) is 18.4. The van der Waals surface area contributed by atoms with E-state index in [0.717, 1.165) is 25.2 Å². The minimum atomic E-state index is -0.772. The van der Waals surface area contributed by atoms with E-state index in [9.17, 15) is 10.2 Å². The summed E-state index contributed by atoms with van der Waals surface area (Å²) in [4.78, 5) is 10.6. The van der Waals surface area contributed by atoms with E-state index in [1.165, 1.54) is 6.33 Å². The lowest BCUT2D eigenvalue weighted by Crippen LogP contribution is -2.32. The molecule has 3 N–H and O–H groups in total. The van der Waals surface area contributed by atoms with Gasteiger partial charge in [0.25, 0.3) is 0 Å². The minimum absolute atomic E-state index is 0.0990. The van der Waals surface area contributed by atoms with Crippen LogP contribution in [0.3, 0.4) is 0 Å². The zero-order chi connectivity index (χ0) is 17.8. The first-order valence-corrected chi connectivity index (χ1v) is 8.90. The molecule has 1 saturated heterocycles. The van der Waals surface area contributed by atoms with E-state index >= 15 is 0 Å². The van der Waals surface area contributed by atoms with E-state index in [2.05, 4.69) is 20.2 Å². The number of hydrogen-bond donors (Lipinski definition) is 3. The van der Waals surface area contributed by atoms with Crippen LogP contribution < -0.4 is 10.2 Å². The summed E-state index contributed by atoms with van der Waals surface area (Å²) < 4.78 is 0. The SMILES string of the molecule is OCC1CCCN1c1cc(NCC(O)c2cc(Cl)cc(Cl)c2)ncn1. The zero-order valence-electron chi connectivity index (χ0n) is 13.6. The van der Waals surface area contributed by atoms with Gasteiger partial charge < -0.3 is 20.4 Å². The van der Waals surface area contributed by atoms with Crippen LogP contribution in [0.4, 0.5) is 11.6 Å². The Labute approximate surface area is 156 Å². The molecule has 0 amide bonds. The topological polar surface area (TPSA) is 81.5 Å². The lowest BCUT2D eigenvalue weighted by Gasteiger charge is -2.24. The first-order chi connectivity index (χ1) is 12.1. The molecule has 2 aromatic rings. The highest BCUT2D eigenvalue weighted by atomic mass is 35.5. The van der Waals surface area contributed by atoms with E-state index < -0.39 is 6.10 Å². The van der Waals surface area contributed by atoms with Crippen LogP contribution in [0.1, 0.15) is 24.5 Å². The first kappa shape index (κ1) is 18.2. The van der Waals surface area contributed by atoms with Gasteiger partial charge in [-0.25, -0.2) is 9.97 Å². The summed E-state index contributed by atoms with van der Waals surface area (Å²) in [5.74, 6) is 1.38. The second-order valence-corrected chi connectivity index (χ2v) is 6.91. The Morgan fingerprint density at radius 3 is 2.68 bits per heavy atom. The van der Waals surface area contributed by atoms with Crippen molar-refractivity contribution in [3.05, 3.63) is 46.2 Å². The van der Waals surface area contributed by atoms with Gasteiger partial charge in [-0.15, -0.1) is 0 Å². The highest BCUT2D eigenvalue weighted by Gasteiger charge is 2.25. The van der Waals surface area contributed by atoms with Gasteiger partial charge in [-0.2, -0.15) is 0 Å². The van der Waals surface area contributed by atoms with Crippen LogP contribution in [-0.2, 0) is 0 Å². The molecule has 1 aliphatic rings. The molecular formula is C17H20Cl2N4O2. The Hall–Kier alpha value is -1.60. The Bertz CT molecular complexity index is 711. The Morgan fingerprint density at radius 1 is 1.20 bits per heavy atom. The van der Waals surface area contributed by atoms with E-state index in [1.54, 1.807) is 18.2 Å². The van der Waals surface area contributed by atoms with Crippen molar-refractivity contribution in [1.82, 2.24) is 9.97 Å². The van der Waals surface area contributed by atoms with Crippen LogP contribution in [-0.4, -0.2) is 45.9 Å². The average Bonchev–Trinajstić information content (AvgIpc) is 3.08. The van der Waals surface area contributed by atoms with Gasteiger partial charge in [-0.1, -0.05) is 23.2 Å². The standard InChI is InChI=1S/C17H20Cl2N4O2/c18-12-4-11(5-13(19)6-12)15(25)8-20-16-7-17(22-10-21-16)23-3-1-2-14(23)9-24/h4-7,10,14-15,24-25H,1-3,8-9H2,(H,20,21,22). The number of anilines is 2. The molecular weight excluding hydrogens is 363 g/mol. The number of nitrogens with zero attached hydrogens (tertiary/aromatic N) is 3. The number of benzene rings is 1. The van der Waals surface area contributed by atoms with Crippen LogP contribution in [0.2, 0.25) is 10.0 Å². The second kappa shape index (κ2) is 8.19. The molecule has 25 heavy (non-hydrogen) atoms.